The number of amides is 2. The molecule has 27 heavy (non-hydrogen) atoms. The molecule has 0 radical (unpaired) electrons. The number of carbonyl (C=O) groups is 2. The SMILES string of the molecule is O=C(CCN1C(=O)/C(=C\c2ccccc2Cl)SC1=S)Nc1cccc(I)c1. The Bertz CT molecular complexity index is 949. The largest absolute Gasteiger partial charge is 0.326 e. The molecule has 0 atom stereocenters. The normalized spacial score (nSPS) is 15.5. The van der Waals surface area contributed by atoms with E-state index in [0.717, 1.165) is 14.8 Å². The van der Waals surface area contributed by atoms with E-state index in [1.807, 2.05) is 42.5 Å². The summed E-state index contributed by atoms with van der Waals surface area (Å²) in [4.78, 5) is 26.8. The predicted octanol–water partition coefficient (Wildman–Crippen LogP) is 5.17. The number of carbonyl (C=O) groups excluding carboxylic acids is 2. The van der Waals surface area contributed by atoms with Gasteiger partial charge in [0.1, 0.15) is 4.32 Å². The number of thioether (sulfide) groups is 1. The van der Waals surface area contributed by atoms with E-state index < -0.39 is 0 Å². The van der Waals surface area contributed by atoms with Crippen LogP contribution in [-0.4, -0.2) is 27.6 Å². The highest BCUT2D eigenvalue weighted by atomic mass is 127. The van der Waals surface area contributed by atoms with Gasteiger partial charge in [0.2, 0.25) is 5.91 Å². The van der Waals surface area contributed by atoms with Gasteiger partial charge < -0.3 is 5.32 Å². The molecule has 1 fully saturated rings. The summed E-state index contributed by atoms with van der Waals surface area (Å²) in [5.41, 5.74) is 1.49. The zero-order valence-corrected chi connectivity index (χ0v) is 18.5. The molecule has 0 bridgehead atoms. The summed E-state index contributed by atoms with van der Waals surface area (Å²) in [5.74, 6) is -0.367. The van der Waals surface area contributed by atoms with E-state index in [1.165, 1.54) is 16.7 Å². The van der Waals surface area contributed by atoms with Gasteiger partial charge in [-0.05, 0) is 58.5 Å². The predicted molar refractivity (Wildman–Crippen MR) is 124 cm³/mol. The smallest absolute Gasteiger partial charge is 0.266 e. The third-order valence-corrected chi connectivity index (χ3v) is 6.13. The van der Waals surface area contributed by atoms with Crippen molar-refractivity contribution in [3.63, 3.8) is 0 Å². The van der Waals surface area contributed by atoms with Crippen molar-refractivity contribution in [3.8, 4) is 0 Å². The average Bonchev–Trinajstić information content (AvgIpc) is 2.88. The average molecular weight is 529 g/mol. The molecule has 138 valence electrons. The monoisotopic (exact) mass is 528 g/mol. The molecule has 0 unspecified atom stereocenters. The lowest BCUT2D eigenvalue weighted by atomic mass is 10.2. The highest BCUT2D eigenvalue weighted by Gasteiger charge is 2.32. The Labute approximate surface area is 185 Å². The minimum absolute atomic E-state index is 0.164. The van der Waals surface area contributed by atoms with Crippen molar-refractivity contribution in [2.24, 2.45) is 0 Å². The zero-order chi connectivity index (χ0) is 19.4. The maximum absolute atomic E-state index is 12.6. The number of hydrogen-bond acceptors (Lipinski definition) is 4. The first-order valence-electron chi connectivity index (χ1n) is 7.99. The van der Waals surface area contributed by atoms with E-state index in [0.29, 0.717) is 14.2 Å². The van der Waals surface area contributed by atoms with E-state index in [1.54, 1.807) is 12.1 Å². The number of hydrogen-bond donors (Lipinski definition) is 1. The van der Waals surface area contributed by atoms with Crippen molar-refractivity contribution in [3.05, 3.63) is 67.6 Å². The summed E-state index contributed by atoms with van der Waals surface area (Å²) >= 11 is 14.9. The Morgan fingerprint density at radius 1 is 1.26 bits per heavy atom. The minimum atomic E-state index is -0.202. The Balaban J connectivity index is 1.62. The molecule has 4 nitrogen and oxygen atoms in total. The van der Waals surface area contributed by atoms with Crippen LogP contribution in [0.3, 0.4) is 0 Å². The van der Waals surface area contributed by atoms with Crippen LogP contribution in [0.1, 0.15) is 12.0 Å². The number of halogens is 2. The topological polar surface area (TPSA) is 49.4 Å². The molecule has 8 heteroatoms. The third kappa shape index (κ3) is 5.31. The van der Waals surface area contributed by atoms with E-state index >= 15 is 0 Å². The number of nitrogens with one attached hydrogen (secondary N) is 1. The Hall–Kier alpha value is -1.42. The van der Waals surface area contributed by atoms with Crippen LogP contribution >= 0.6 is 58.2 Å². The number of anilines is 1. The molecule has 1 heterocycles. The lowest BCUT2D eigenvalue weighted by Crippen LogP contribution is -2.31. The number of benzene rings is 2. The fourth-order valence-electron chi connectivity index (χ4n) is 2.43. The molecule has 3 rings (SSSR count). The molecule has 1 saturated heterocycles. The lowest BCUT2D eigenvalue weighted by molar-refractivity contribution is -0.122. The fourth-order valence-corrected chi connectivity index (χ4v) is 4.46. The first-order valence-corrected chi connectivity index (χ1v) is 10.7. The van der Waals surface area contributed by atoms with Gasteiger partial charge in [-0.1, -0.05) is 59.8 Å². The van der Waals surface area contributed by atoms with Gasteiger partial charge >= 0.3 is 0 Å². The summed E-state index contributed by atoms with van der Waals surface area (Å²) < 4.78 is 1.48. The Morgan fingerprint density at radius 3 is 2.78 bits per heavy atom. The summed E-state index contributed by atoms with van der Waals surface area (Å²) in [5, 5.41) is 3.40. The maximum atomic E-state index is 12.6. The van der Waals surface area contributed by atoms with Crippen LogP contribution < -0.4 is 5.32 Å². The van der Waals surface area contributed by atoms with Crippen molar-refractivity contribution >= 4 is 86.1 Å². The van der Waals surface area contributed by atoms with Crippen molar-refractivity contribution < 1.29 is 9.59 Å². The molecule has 0 saturated carbocycles. The van der Waals surface area contributed by atoms with Crippen LogP contribution in [0.5, 0.6) is 0 Å². The Morgan fingerprint density at radius 2 is 2.04 bits per heavy atom. The highest BCUT2D eigenvalue weighted by molar-refractivity contribution is 14.1. The second kappa shape index (κ2) is 9.18. The molecular weight excluding hydrogens is 515 g/mol. The van der Waals surface area contributed by atoms with E-state index in [2.05, 4.69) is 27.9 Å². The zero-order valence-electron chi connectivity index (χ0n) is 13.9. The molecule has 2 amide bonds. The summed E-state index contributed by atoms with van der Waals surface area (Å²) in [6.07, 6.45) is 1.89. The first-order chi connectivity index (χ1) is 12.9. The highest BCUT2D eigenvalue weighted by Crippen LogP contribution is 2.33. The fraction of sp³-hybridized carbons (Fsp3) is 0.105. The second-order valence-electron chi connectivity index (χ2n) is 5.66. The van der Waals surface area contributed by atoms with Crippen molar-refractivity contribution in [1.29, 1.82) is 0 Å². The van der Waals surface area contributed by atoms with Crippen molar-refractivity contribution in [2.75, 3.05) is 11.9 Å². The van der Waals surface area contributed by atoms with Gasteiger partial charge in [-0.15, -0.1) is 0 Å². The molecule has 0 aliphatic carbocycles. The van der Waals surface area contributed by atoms with Gasteiger partial charge in [0, 0.05) is 27.2 Å². The van der Waals surface area contributed by atoms with Crippen LogP contribution in [0.15, 0.2) is 53.4 Å². The first kappa shape index (κ1) is 20.3. The summed E-state index contributed by atoms with van der Waals surface area (Å²) in [6, 6.07) is 14.8. The number of rotatable bonds is 5. The number of thiocarbonyl (C=S) groups is 1. The molecule has 2 aromatic carbocycles. The molecule has 1 aliphatic rings. The van der Waals surface area contributed by atoms with Gasteiger partial charge in [-0.25, -0.2) is 0 Å². The van der Waals surface area contributed by atoms with Crippen molar-refractivity contribution in [1.82, 2.24) is 4.90 Å². The molecule has 0 aromatic heterocycles. The van der Waals surface area contributed by atoms with Gasteiger partial charge in [0.05, 0.1) is 4.91 Å². The third-order valence-electron chi connectivity index (χ3n) is 3.74. The van der Waals surface area contributed by atoms with E-state index in [9.17, 15) is 9.59 Å². The number of nitrogens with zero attached hydrogens (tertiary/aromatic N) is 1. The molecule has 0 spiro atoms. The maximum Gasteiger partial charge on any atom is 0.266 e. The van der Waals surface area contributed by atoms with Gasteiger partial charge in [0.25, 0.3) is 5.91 Å². The van der Waals surface area contributed by atoms with Crippen LogP contribution in [-0.2, 0) is 9.59 Å². The molecular formula is C19H14ClIN2O2S2. The standard InChI is InChI=1S/C19H14ClIN2O2S2/c20-15-7-2-1-4-12(15)10-16-18(25)23(19(26)27-16)9-8-17(24)22-14-6-3-5-13(21)11-14/h1-7,10-11H,8-9H2,(H,22,24)/b16-10+. The van der Waals surface area contributed by atoms with Gasteiger partial charge in [0.15, 0.2) is 0 Å². The lowest BCUT2D eigenvalue weighted by Gasteiger charge is -2.14. The summed E-state index contributed by atoms with van der Waals surface area (Å²) in [6.45, 7) is 0.236. The Kier molecular flexibility index (Phi) is 6.91. The van der Waals surface area contributed by atoms with Crippen LogP contribution in [0.4, 0.5) is 5.69 Å². The molecule has 2 aromatic rings. The van der Waals surface area contributed by atoms with E-state index in [-0.39, 0.29) is 24.8 Å². The quantitative estimate of drug-likeness (QED) is 0.330. The van der Waals surface area contributed by atoms with Crippen molar-refractivity contribution in [2.45, 2.75) is 6.42 Å². The van der Waals surface area contributed by atoms with Crippen LogP contribution in [0.2, 0.25) is 5.02 Å². The summed E-state index contributed by atoms with van der Waals surface area (Å²) in [7, 11) is 0. The van der Waals surface area contributed by atoms with Crippen LogP contribution in [0, 0.1) is 3.57 Å². The minimum Gasteiger partial charge on any atom is -0.326 e. The van der Waals surface area contributed by atoms with Gasteiger partial charge in [-0.3, -0.25) is 14.5 Å². The van der Waals surface area contributed by atoms with Crippen LogP contribution in [0.25, 0.3) is 6.08 Å². The second-order valence-corrected chi connectivity index (χ2v) is 8.99. The molecule has 1 aliphatic heterocycles. The molecule has 1 N–H and O–H groups in total. The van der Waals surface area contributed by atoms with Gasteiger partial charge in [-0.2, -0.15) is 0 Å². The van der Waals surface area contributed by atoms with E-state index in [4.69, 9.17) is 23.8 Å².